The molecule has 13 heavy (non-hydrogen) atoms. The predicted molar refractivity (Wildman–Crippen MR) is 30.8 cm³/mol. The number of aliphatic carboxylic acids is 2. The molecule has 0 unspecified atom stereocenters. The van der Waals surface area contributed by atoms with Crippen molar-refractivity contribution in [2.75, 3.05) is 0 Å². The number of nitrogens with two attached hydrogens (primary N) is 1. The van der Waals surface area contributed by atoms with Gasteiger partial charge in [0, 0.05) is 12.0 Å². The minimum absolute atomic E-state index is 0. The van der Waals surface area contributed by atoms with Gasteiger partial charge in [0.05, 0.1) is 5.97 Å². The summed E-state index contributed by atoms with van der Waals surface area (Å²) in [6.07, 6.45) is -0.500. The normalized spacial score (nSPS) is 9.62. The molecule has 6 nitrogen and oxygen atoms in total. The van der Waals surface area contributed by atoms with Crippen molar-refractivity contribution in [3.05, 3.63) is 0 Å². The zero-order valence-corrected chi connectivity index (χ0v) is 13.9. The van der Waals surface area contributed by atoms with Crippen molar-refractivity contribution in [1.29, 1.82) is 0 Å². The molecule has 0 aliphatic carbocycles. The van der Waals surface area contributed by atoms with Crippen LogP contribution >= 0.6 is 0 Å². The van der Waals surface area contributed by atoms with E-state index in [1.807, 2.05) is 0 Å². The Morgan fingerprint density at radius 3 is 1.85 bits per heavy atom. The van der Waals surface area contributed by atoms with E-state index in [-0.39, 0.29) is 121 Å². The Morgan fingerprint density at radius 2 is 1.62 bits per heavy atom. The smallest absolute Gasteiger partial charge is 0.550 e. The van der Waals surface area contributed by atoms with Gasteiger partial charge in [0.2, 0.25) is 0 Å². The van der Waals surface area contributed by atoms with Gasteiger partial charge in [-0.25, -0.2) is 0 Å². The van der Waals surface area contributed by atoms with Crippen LogP contribution in [0.2, 0.25) is 0 Å². The first-order chi connectivity index (χ1) is 4.54. The fraction of sp³-hybridized carbons (Fsp3) is 0.600. The number of hydrogen-bond donors (Lipinski definition) is 1. The van der Waals surface area contributed by atoms with Gasteiger partial charge >= 0.3 is 103 Å². The van der Waals surface area contributed by atoms with Crippen LogP contribution in [-0.2, 0) is 9.59 Å². The molecule has 0 aliphatic rings. The SMILES string of the molecule is N[C@H](CCC(=O)[O-])C(=O)[O-].O.[K+].[K+]. The van der Waals surface area contributed by atoms with Crippen LogP contribution in [0.15, 0.2) is 0 Å². The molecule has 0 amide bonds. The molecule has 0 fully saturated rings. The second kappa shape index (κ2) is 14.1. The molecule has 0 saturated carbocycles. The van der Waals surface area contributed by atoms with E-state index in [2.05, 4.69) is 0 Å². The summed E-state index contributed by atoms with van der Waals surface area (Å²) in [6, 6.07) is -1.21. The van der Waals surface area contributed by atoms with Crippen LogP contribution in [0.4, 0.5) is 0 Å². The number of carbonyl (C=O) groups excluding carboxylic acids is 2. The molecule has 0 rings (SSSR count). The summed E-state index contributed by atoms with van der Waals surface area (Å²) in [7, 11) is 0. The van der Waals surface area contributed by atoms with E-state index in [4.69, 9.17) is 5.73 Å². The third-order valence-electron chi connectivity index (χ3n) is 0.962. The van der Waals surface area contributed by atoms with Gasteiger partial charge in [0.25, 0.3) is 0 Å². The first kappa shape index (κ1) is 24.4. The average Bonchev–Trinajstić information content (AvgIpc) is 1.82. The fourth-order valence-electron chi connectivity index (χ4n) is 0.391. The molecule has 0 aromatic rings. The van der Waals surface area contributed by atoms with Crippen LogP contribution in [0.3, 0.4) is 0 Å². The Hall–Kier alpha value is 2.13. The summed E-state index contributed by atoms with van der Waals surface area (Å²) in [6.45, 7) is 0. The molecule has 0 aliphatic heterocycles. The maximum atomic E-state index is 9.86. The van der Waals surface area contributed by atoms with Gasteiger partial charge in [-0.3, -0.25) is 0 Å². The largest absolute Gasteiger partial charge is 1.00 e. The van der Waals surface area contributed by atoms with Crippen LogP contribution in [0.5, 0.6) is 0 Å². The number of rotatable bonds is 4. The second-order valence-electron chi connectivity index (χ2n) is 1.84. The van der Waals surface area contributed by atoms with Crippen LogP contribution in [0, 0.1) is 0 Å². The van der Waals surface area contributed by atoms with Crippen molar-refractivity contribution in [3.8, 4) is 0 Å². The van der Waals surface area contributed by atoms with Crippen molar-refractivity contribution in [3.63, 3.8) is 0 Å². The molecule has 0 saturated heterocycles. The fourth-order valence-corrected chi connectivity index (χ4v) is 0.391. The first-order valence-corrected chi connectivity index (χ1v) is 2.70. The Morgan fingerprint density at radius 1 is 1.23 bits per heavy atom. The van der Waals surface area contributed by atoms with Crippen LogP contribution < -0.4 is 119 Å². The van der Waals surface area contributed by atoms with Crippen molar-refractivity contribution in [1.82, 2.24) is 0 Å². The van der Waals surface area contributed by atoms with E-state index < -0.39 is 18.0 Å². The molecule has 0 aromatic carbocycles. The molecule has 4 N–H and O–H groups in total. The molecular weight excluding hydrogens is 232 g/mol. The standard InChI is InChI=1S/C5H9NO4.2K.H2O/c6-3(5(9)10)1-2-4(7)8;;;/h3H,1-2,6H2,(H,7,8)(H,9,10);;;1H2/q;2*+1;/p-2/t3-;;;/m1.../s1. The van der Waals surface area contributed by atoms with E-state index in [1.54, 1.807) is 0 Å². The van der Waals surface area contributed by atoms with Gasteiger partial charge in [-0.15, -0.1) is 0 Å². The summed E-state index contributed by atoms with van der Waals surface area (Å²) in [4.78, 5) is 19.6. The minimum Gasteiger partial charge on any atom is -0.550 e. The monoisotopic (exact) mass is 241 g/mol. The van der Waals surface area contributed by atoms with E-state index in [9.17, 15) is 19.8 Å². The van der Waals surface area contributed by atoms with Gasteiger partial charge in [-0.2, -0.15) is 0 Å². The third kappa shape index (κ3) is 16.8. The first-order valence-electron chi connectivity index (χ1n) is 2.70. The number of carboxylic acids is 2. The van der Waals surface area contributed by atoms with Gasteiger partial charge < -0.3 is 31.0 Å². The zero-order valence-electron chi connectivity index (χ0n) is 7.70. The van der Waals surface area contributed by atoms with Crippen LogP contribution in [-0.4, -0.2) is 23.5 Å². The topological polar surface area (TPSA) is 138 Å². The maximum Gasteiger partial charge on any atom is 1.00 e. The second-order valence-corrected chi connectivity index (χ2v) is 1.84. The molecule has 66 valence electrons. The van der Waals surface area contributed by atoms with Crippen LogP contribution in [0.1, 0.15) is 12.8 Å². The molecule has 0 spiro atoms. The molecule has 8 heteroatoms. The van der Waals surface area contributed by atoms with Crippen molar-refractivity contribution < 1.29 is 128 Å². The van der Waals surface area contributed by atoms with Gasteiger partial charge in [-0.1, -0.05) is 0 Å². The molecule has 1 atom stereocenters. The maximum absolute atomic E-state index is 9.86. The van der Waals surface area contributed by atoms with Crippen molar-refractivity contribution in [2.24, 2.45) is 5.73 Å². The van der Waals surface area contributed by atoms with Crippen molar-refractivity contribution >= 4 is 11.9 Å². The molecule has 0 heterocycles. The summed E-state index contributed by atoms with van der Waals surface area (Å²) in [5.41, 5.74) is 4.91. The molecule has 0 aromatic heterocycles. The Kier molecular flexibility index (Phi) is 26.5. The predicted octanol–water partition coefficient (Wildman–Crippen LogP) is -10.2. The van der Waals surface area contributed by atoms with E-state index in [0.29, 0.717) is 0 Å². The number of carboxylic acid groups (broad SMARTS) is 2. The number of carbonyl (C=O) groups is 2. The quantitative estimate of drug-likeness (QED) is 0.487. The minimum atomic E-state index is -1.44. The number of hydrogen-bond acceptors (Lipinski definition) is 5. The summed E-state index contributed by atoms with van der Waals surface area (Å²) in [5.74, 6) is -2.75. The Balaban J connectivity index is -0.000000135. The van der Waals surface area contributed by atoms with E-state index in [0.717, 1.165) is 0 Å². The summed E-state index contributed by atoms with van der Waals surface area (Å²) in [5, 5.41) is 19.6. The van der Waals surface area contributed by atoms with E-state index in [1.165, 1.54) is 0 Å². The summed E-state index contributed by atoms with van der Waals surface area (Å²) >= 11 is 0. The van der Waals surface area contributed by atoms with Gasteiger partial charge in [-0.05, 0) is 12.8 Å². The molecular formula is C5H9K2NO5. The average molecular weight is 241 g/mol. The van der Waals surface area contributed by atoms with Gasteiger partial charge in [0.15, 0.2) is 0 Å². The summed E-state index contributed by atoms with van der Waals surface area (Å²) < 4.78 is 0. The molecule has 0 bridgehead atoms. The Labute approximate surface area is 161 Å². The zero-order chi connectivity index (χ0) is 8.15. The van der Waals surface area contributed by atoms with E-state index >= 15 is 0 Å². The van der Waals surface area contributed by atoms with Crippen molar-refractivity contribution in [2.45, 2.75) is 18.9 Å². The Bertz CT molecular complexity index is 154. The van der Waals surface area contributed by atoms with Gasteiger partial charge in [0.1, 0.15) is 0 Å². The third-order valence-corrected chi connectivity index (χ3v) is 0.962. The molecule has 0 radical (unpaired) electrons. The van der Waals surface area contributed by atoms with Crippen LogP contribution in [0.25, 0.3) is 0 Å².